The van der Waals surface area contributed by atoms with Gasteiger partial charge in [-0.05, 0) is 30.3 Å². The minimum atomic E-state index is -0.421. The van der Waals surface area contributed by atoms with Crippen molar-refractivity contribution in [3.63, 3.8) is 0 Å². The average molecular weight is 485 g/mol. The molecule has 0 fully saturated rings. The lowest BCUT2D eigenvalue weighted by Gasteiger charge is -2.14. The summed E-state index contributed by atoms with van der Waals surface area (Å²) in [6.07, 6.45) is 1.50. The van der Waals surface area contributed by atoms with E-state index in [9.17, 15) is 9.59 Å². The number of anilines is 2. The molecule has 36 heavy (non-hydrogen) atoms. The Labute approximate surface area is 209 Å². The maximum Gasteiger partial charge on any atom is 0.324 e. The lowest BCUT2D eigenvalue weighted by molar-refractivity contribution is 0.0958. The normalized spacial score (nSPS) is 11.0. The molecule has 9 nitrogen and oxygen atoms in total. The summed E-state index contributed by atoms with van der Waals surface area (Å²) < 4.78 is 7.58. The largest absolute Gasteiger partial charge is 0.457 e. The molecule has 9 heteroatoms. The van der Waals surface area contributed by atoms with E-state index in [1.807, 2.05) is 36.4 Å². The van der Waals surface area contributed by atoms with Gasteiger partial charge in [0.2, 0.25) is 0 Å². The van der Waals surface area contributed by atoms with Gasteiger partial charge in [-0.15, -0.1) is 0 Å². The minimum Gasteiger partial charge on any atom is -0.457 e. The number of para-hydroxylation sites is 1. The predicted molar refractivity (Wildman–Crippen MR) is 139 cm³/mol. The molecule has 0 aliphatic heterocycles. The number of pyridine rings is 1. The van der Waals surface area contributed by atoms with Crippen LogP contribution >= 0.6 is 0 Å². The summed E-state index contributed by atoms with van der Waals surface area (Å²) in [5.74, 6) is 1.18. The summed E-state index contributed by atoms with van der Waals surface area (Å²) in [7, 11) is 1.54. The number of hydrogen-bond donors (Lipinski definition) is 3. The van der Waals surface area contributed by atoms with Crippen LogP contribution < -0.4 is 20.7 Å². The van der Waals surface area contributed by atoms with Crippen molar-refractivity contribution in [2.24, 2.45) is 0 Å². The molecular formula is C27H28N6O3. The van der Waals surface area contributed by atoms with Gasteiger partial charge in [-0.1, -0.05) is 45.0 Å². The van der Waals surface area contributed by atoms with Crippen LogP contribution in [0.25, 0.3) is 5.69 Å². The third-order valence-electron chi connectivity index (χ3n) is 5.24. The number of ether oxygens (including phenoxy) is 1. The van der Waals surface area contributed by atoms with Gasteiger partial charge in [0.05, 0.1) is 11.4 Å². The van der Waals surface area contributed by atoms with Crippen molar-refractivity contribution in [2.75, 3.05) is 17.7 Å². The van der Waals surface area contributed by atoms with Crippen LogP contribution in [0.1, 0.15) is 37.0 Å². The molecule has 0 spiro atoms. The van der Waals surface area contributed by atoms with Crippen molar-refractivity contribution >= 4 is 23.4 Å². The van der Waals surface area contributed by atoms with Gasteiger partial charge >= 0.3 is 6.03 Å². The van der Waals surface area contributed by atoms with Gasteiger partial charge in [-0.2, -0.15) is 5.10 Å². The molecule has 0 aliphatic rings. The summed E-state index contributed by atoms with van der Waals surface area (Å²) in [5, 5.41) is 13.0. The third-order valence-corrected chi connectivity index (χ3v) is 5.24. The van der Waals surface area contributed by atoms with Gasteiger partial charge in [0.25, 0.3) is 5.91 Å². The van der Waals surface area contributed by atoms with E-state index in [4.69, 9.17) is 9.84 Å². The fourth-order valence-corrected chi connectivity index (χ4v) is 3.38. The second kappa shape index (κ2) is 10.3. The molecule has 4 aromatic rings. The Morgan fingerprint density at radius 2 is 1.64 bits per heavy atom. The Morgan fingerprint density at radius 1 is 0.889 bits per heavy atom. The first-order chi connectivity index (χ1) is 17.2. The number of carbonyl (C=O) groups excluding carboxylic acids is 2. The van der Waals surface area contributed by atoms with Crippen molar-refractivity contribution in [3.05, 3.63) is 90.4 Å². The van der Waals surface area contributed by atoms with Crippen molar-refractivity contribution in [2.45, 2.75) is 26.2 Å². The number of urea groups is 1. The maximum absolute atomic E-state index is 12.9. The van der Waals surface area contributed by atoms with Gasteiger partial charge in [0.15, 0.2) is 0 Å². The zero-order valence-electron chi connectivity index (χ0n) is 20.6. The standard InChI is InChI=1S/C27H28N6O3/c1-27(2,3)23-17-24(33(32-23)19-10-6-5-7-11-19)31-26(35)30-18-9-8-12-20(15-18)36-21-13-14-29-22(16-21)25(34)28-4/h5-17H,1-4H3,(H,28,34)(H2,30,31,35). The molecule has 2 aromatic heterocycles. The molecule has 0 atom stereocenters. The Balaban J connectivity index is 1.50. The number of nitrogens with one attached hydrogen (secondary N) is 3. The summed E-state index contributed by atoms with van der Waals surface area (Å²) in [5.41, 5.74) is 2.28. The van der Waals surface area contributed by atoms with Crippen molar-refractivity contribution in [1.29, 1.82) is 0 Å². The topological polar surface area (TPSA) is 110 Å². The number of nitrogens with zero attached hydrogens (tertiary/aromatic N) is 3. The molecule has 3 amide bonds. The number of benzene rings is 2. The Bertz CT molecular complexity index is 1380. The lowest BCUT2D eigenvalue weighted by atomic mass is 9.92. The highest BCUT2D eigenvalue weighted by atomic mass is 16.5. The Kier molecular flexibility index (Phi) is 7.00. The molecule has 0 saturated carbocycles. The summed E-state index contributed by atoms with van der Waals surface area (Å²) in [6, 6.07) is 21.2. The monoisotopic (exact) mass is 484 g/mol. The van der Waals surface area contributed by atoms with Crippen LogP contribution in [-0.2, 0) is 5.41 Å². The van der Waals surface area contributed by atoms with E-state index in [-0.39, 0.29) is 17.0 Å². The summed E-state index contributed by atoms with van der Waals surface area (Å²) in [6.45, 7) is 6.21. The number of carbonyl (C=O) groups is 2. The SMILES string of the molecule is CNC(=O)c1cc(Oc2cccc(NC(=O)Nc3cc(C(C)(C)C)nn3-c3ccccc3)c2)ccn1. The van der Waals surface area contributed by atoms with Crippen LogP contribution in [0.4, 0.5) is 16.3 Å². The van der Waals surface area contributed by atoms with E-state index >= 15 is 0 Å². The van der Waals surface area contributed by atoms with Crippen molar-refractivity contribution in [1.82, 2.24) is 20.1 Å². The van der Waals surface area contributed by atoms with Crippen molar-refractivity contribution in [3.8, 4) is 17.2 Å². The summed E-state index contributed by atoms with van der Waals surface area (Å²) >= 11 is 0. The molecule has 0 saturated heterocycles. The van der Waals surface area contributed by atoms with Crippen LogP contribution in [0.5, 0.6) is 11.5 Å². The van der Waals surface area contributed by atoms with Crippen LogP contribution in [0, 0.1) is 0 Å². The Morgan fingerprint density at radius 3 is 2.36 bits per heavy atom. The molecule has 184 valence electrons. The molecular weight excluding hydrogens is 456 g/mol. The molecule has 0 bridgehead atoms. The number of amides is 3. The second-order valence-corrected chi connectivity index (χ2v) is 9.08. The van der Waals surface area contributed by atoms with Gasteiger partial charge in [-0.3, -0.25) is 15.1 Å². The predicted octanol–water partition coefficient (Wildman–Crippen LogP) is 5.36. The zero-order valence-corrected chi connectivity index (χ0v) is 20.6. The van der Waals surface area contributed by atoms with Crippen molar-refractivity contribution < 1.29 is 14.3 Å². The molecule has 3 N–H and O–H groups in total. The van der Waals surface area contributed by atoms with E-state index in [1.54, 1.807) is 41.1 Å². The smallest absolute Gasteiger partial charge is 0.324 e. The van der Waals surface area contributed by atoms with Gasteiger partial charge in [-0.25, -0.2) is 9.48 Å². The number of hydrogen-bond acceptors (Lipinski definition) is 5. The molecule has 2 aromatic carbocycles. The van der Waals surface area contributed by atoms with Crippen LogP contribution in [-0.4, -0.2) is 33.8 Å². The molecule has 0 aliphatic carbocycles. The van der Waals surface area contributed by atoms with E-state index in [1.165, 1.54) is 13.2 Å². The van der Waals surface area contributed by atoms with Crippen LogP contribution in [0.3, 0.4) is 0 Å². The first-order valence-electron chi connectivity index (χ1n) is 11.4. The highest BCUT2D eigenvalue weighted by Gasteiger charge is 2.21. The van der Waals surface area contributed by atoms with E-state index in [0.717, 1.165) is 11.4 Å². The quantitative estimate of drug-likeness (QED) is 0.341. The zero-order chi connectivity index (χ0) is 25.7. The lowest BCUT2D eigenvalue weighted by Crippen LogP contribution is -2.21. The van der Waals surface area contributed by atoms with E-state index in [2.05, 4.69) is 41.7 Å². The van der Waals surface area contributed by atoms with E-state index < -0.39 is 6.03 Å². The fraction of sp³-hybridized carbons (Fsp3) is 0.185. The minimum absolute atomic E-state index is 0.191. The fourth-order valence-electron chi connectivity index (χ4n) is 3.38. The van der Waals surface area contributed by atoms with E-state index in [0.29, 0.717) is 23.0 Å². The van der Waals surface area contributed by atoms with Gasteiger partial charge < -0.3 is 15.4 Å². The Hall–Kier alpha value is -4.66. The first-order valence-corrected chi connectivity index (χ1v) is 11.4. The molecule has 2 heterocycles. The second-order valence-electron chi connectivity index (χ2n) is 9.08. The van der Waals surface area contributed by atoms with Gasteiger partial charge in [0, 0.05) is 42.5 Å². The summed E-state index contributed by atoms with van der Waals surface area (Å²) in [4.78, 5) is 28.7. The number of rotatable bonds is 6. The molecule has 0 unspecified atom stereocenters. The van der Waals surface area contributed by atoms with Crippen LogP contribution in [0.2, 0.25) is 0 Å². The molecule has 0 radical (unpaired) electrons. The number of aromatic nitrogens is 3. The first kappa shape index (κ1) is 24.5. The highest BCUT2D eigenvalue weighted by Crippen LogP contribution is 2.27. The van der Waals surface area contributed by atoms with Crippen LogP contribution in [0.15, 0.2) is 79.0 Å². The highest BCUT2D eigenvalue weighted by molar-refractivity contribution is 5.99. The molecule has 4 rings (SSSR count). The third kappa shape index (κ3) is 5.87. The maximum atomic E-state index is 12.9. The van der Waals surface area contributed by atoms with Gasteiger partial charge in [0.1, 0.15) is 23.0 Å². The average Bonchev–Trinajstić information content (AvgIpc) is 3.28.